The van der Waals surface area contributed by atoms with Crippen LogP contribution in [0, 0.1) is 12.8 Å². The maximum absolute atomic E-state index is 4.56. The van der Waals surface area contributed by atoms with E-state index in [1.165, 1.54) is 29.4 Å². The van der Waals surface area contributed by atoms with Crippen LogP contribution in [0.25, 0.3) is 0 Å². The smallest absolute Gasteiger partial charge is 0.0738 e. The lowest BCUT2D eigenvalue weighted by molar-refractivity contribution is 0.438. The third kappa shape index (κ3) is 3.15. The van der Waals surface area contributed by atoms with Crippen LogP contribution in [0.2, 0.25) is 0 Å². The molecule has 1 atom stereocenters. The molecule has 0 aliphatic heterocycles. The summed E-state index contributed by atoms with van der Waals surface area (Å²) in [4.78, 5) is 0. The molecule has 102 valence electrons. The van der Waals surface area contributed by atoms with Gasteiger partial charge in [-0.2, -0.15) is 5.10 Å². The summed E-state index contributed by atoms with van der Waals surface area (Å²) >= 11 is 3.68. The van der Waals surface area contributed by atoms with E-state index in [4.69, 9.17) is 0 Å². The molecule has 1 fully saturated rings. The van der Waals surface area contributed by atoms with Crippen LogP contribution in [-0.2, 0) is 13.0 Å². The van der Waals surface area contributed by atoms with Crippen LogP contribution >= 0.6 is 15.9 Å². The van der Waals surface area contributed by atoms with Gasteiger partial charge in [0.15, 0.2) is 0 Å². The number of hydrogen-bond acceptors (Lipinski definition) is 2. The summed E-state index contributed by atoms with van der Waals surface area (Å²) < 4.78 is 3.34. The van der Waals surface area contributed by atoms with Gasteiger partial charge in [-0.3, -0.25) is 4.68 Å². The Labute approximate surface area is 118 Å². The normalized spacial score (nSPS) is 17.1. The monoisotopic (exact) mass is 313 g/mol. The van der Waals surface area contributed by atoms with Crippen molar-refractivity contribution in [3.8, 4) is 0 Å². The number of rotatable bonds is 7. The highest BCUT2D eigenvalue weighted by molar-refractivity contribution is 9.10. The molecule has 3 nitrogen and oxygen atoms in total. The lowest BCUT2D eigenvalue weighted by Gasteiger charge is -2.17. The van der Waals surface area contributed by atoms with Gasteiger partial charge in [0.1, 0.15) is 0 Å². The van der Waals surface area contributed by atoms with Crippen LogP contribution in [-0.4, -0.2) is 22.4 Å². The molecule has 1 aliphatic rings. The number of halogens is 1. The fraction of sp³-hybridized carbons (Fsp3) is 0.786. The minimum absolute atomic E-state index is 0.697. The summed E-state index contributed by atoms with van der Waals surface area (Å²) in [5.41, 5.74) is 2.47. The molecule has 0 radical (unpaired) electrons. The first-order valence-corrected chi connectivity index (χ1v) is 7.91. The average Bonchev–Trinajstić information content (AvgIpc) is 3.15. The maximum atomic E-state index is 4.56. The molecule has 0 aromatic carbocycles. The summed E-state index contributed by atoms with van der Waals surface area (Å²) in [6, 6.07) is 0.697. The maximum Gasteiger partial charge on any atom is 0.0738 e. The number of nitrogens with zero attached hydrogens (tertiary/aromatic N) is 2. The first-order chi connectivity index (χ1) is 8.67. The zero-order chi connectivity index (χ0) is 13.1. The van der Waals surface area contributed by atoms with E-state index in [0.29, 0.717) is 6.04 Å². The highest BCUT2D eigenvalue weighted by Gasteiger charge is 2.30. The Kier molecular flexibility index (Phi) is 4.84. The Balaban J connectivity index is 1.99. The minimum atomic E-state index is 0.697. The molecule has 1 unspecified atom stereocenters. The van der Waals surface area contributed by atoms with E-state index < -0.39 is 0 Å². The summed E-state index contributed by atoms with van der Waals surface area (Å²) in [7, 11) is 0. The van der Waals surface area contributed by atoms with Crippen LogP contribution in [0.15, 0.2) is 4.47 Å². The van der Waals surface area contributed by atoms with Gasteiger partial charge in [0.05, 0.1) is 15.9 Å². The third-order valence-electron chi connectivity index (χ3n) is 3.80. The summed E-state index contributed by atoms with van der Waals surface area (Å²) in [6.07, 6.45) is 5.15. The molecule has 0 amide bonds. The summed E-state index contributed by atoms with van der Waals surface area (Å²) in [6.45, 7) is 8.46. The second-order valence-corrected chi connectivity index (χ2v) is 6.00. The topological polar surface area (TPSA) is 29.9 Å². The van der Waals surface area contributed by atoms with Gasteiger partial charge < -0.3 is 5.32 Å². The van der Waals surface area contributed by atoms with Gasteiger partial charge in [-0.15, -0.1) is 0 Å². The van der Waals surface area contributed by atoms with Crippen molar-refractivity contribution in [1.82, 2.24) is 15.1 Å². The predicted molar refractivity (Wildman–Crippen MR) is 78.8 cm³/mol. The lowest BCUT2D eigenvalue weighted by Crippen LogP contribution is -2.31. The molecule has 1 aromatic heterocycles. The van der Waals surface area contributed by atoms with Crippen LogP contribution in [0.4, 0.5) is 0 Å². The van der Waals surface area contributed by atoms with E-state index in [-0.39, 0.29) is 0 Å². The highest BCUT2D eigenvalue weighted by atomic mass is 79.9. The Morgan fingerprint density at radius 2 is 2.17 bits per heavy atom. The molecule has 0 bridgehead atoms. The second-order valence-electron chi connectivity index (χ2n) is 5.20. The molecule has 2 rings (SSSR count). The van der Waals surface area contributed by atoms with Crippen LogP contribution in [0.5, 0.6) is 0 Å². The molecule has 1 saturated carbocycles. The summed E-state index contributed by atoms with van der Waals surface area (Å²) in [5, 5.41) is 8.20. The van der Waals surface area contributed by atoms with E-state index in [0.717, 1.165) is 31.1 Å². The van der Waals surface area contributed by atoms with Crippen molar-refractivity contribution in [1.29, 1.82) is 0 Å². The summed E-state index contributed by atoms with van der Waals surface area (Å²) in [5.74, 6) is 0.919. The number of aromatic nitrogens is 2. The molecule has 0 saturated heterocycles. The lowest BCUT2D eigenvalue weighted by atomic mass is 10.0. The number of hydrogen-bond donors (Lipinski definition) is 1. The third-order valence-corrected chi connectivity index (χ3v) is 4.83. The Bertz CT molecular complexity index is 396. The van der Waals surface area contributed by atoms with Gasteiger partial charge in [-0.05, 0) is 67.9 Å². The first-order valence-electron chi connectivity index (χ1n) is 7.12. The zero-order valence-corrected chi connectivity index (χ0v) is 13.3. The Hall–Kier alpha value is -0.350. The van der Waals surface area contributed by atoms with Crippen molar-refractivity contribution >= 4 is 15.9 Å². The molecular formula is C14H24BrN3. The van der Waals surface area contributed by atoms with Crippen molar-refractivity contribution in [2.75, 3.05) is 6.54 Å². The van der Waals surface area contributed by atoms with Gasteiger partial charge in [0.2, 0.25) is 0 Å². The molecule has 0 spiro atoms. The Morgan fingerprint density at radius 3 is 2.72 bits per heavy atom. The molecule has 1 aliphatic carbocycles. The zero-order valence-electron chi connectivity index (χ0n) is 11.7. The standard InChI is InChI=1S/C14H24BrN3/c1-4-16-12(11-6-7-11)8-9-13-14(15)10(3)17-18(13)5-2/h11-12,16H,4-9H2,1-3H3. The molecule has 18 heavy (non-hydrogen) atoms. The highest BCUT2D eigenvalue weighted by Crippen LogP contribution is 2.35. The fourth-order valence-corrected chi connectivity index (χ4v) is 3.15. The van der Waals surface area contributed by atoms with Crippen molar-refractivity contribution < 1.29 is 0 Å². The van der Waals surface area contributed by atoms with Crippen LogP contribution < -0.4 is 5.32 Å². The van der Waals surface area contributed by atoms with E-state index in [9.17, 15) is 0 Å². The largest absolute Gasteiger partial charge is 0.314 e. The van der Waals surface area contributed by atoms with Gasteiger partial charge >= 0.3 is 0 Å². The molecule has 1 N–H and O–H groups in total. The van der Waals surface area contributed by atoms with E-state index >= 15 is 0 Å². The molecular weight excluding hydrogens is 290 g/mol. The SMILES string of the molecule is CCNC(CCc1c(Br)c(C)nn1CC)C1CC1. The number of aryl methyl sites for hydroxylation is 2. The van der Waals surface area contributed by atoms with Gasteiger partial charge in [0, 0.05) is 12.6 Å². The van der Waals surface area contributed by atoms with E-state index in [2.05, 4.69) is 51.8 Å². The van der Waals surface area contributed by atoms with Gasteiger partial charge in [0.25, 0.3) is 0 Å². The number of nitrogens with one attached hydrogen (secondary N) is 1. The van der Waals surface area contributed by atoms with Crippen LogP contribution in [0.1, 0.15) is 44.5 Å². The average molecular weight is 314 g/mol. The molecule has 1 aromatic rings. The molecule has 1 heterocycles. The van der Waals surface area contributed by atoms with Crippen molar-refractivity contribution in [2.24, 2.45) is 5.92 Å². The van der Waals surface area contributed by atoms with Crippen molar-refractivity contribution in [2.45, 2.75) is 59.0 Å². The van der Waals surface area contributed by atoms with Gasteiger partial charge in [-0.25, -0.2) is 0 Å². The van der Waals surface area contributed by atoms with Gasteiger partial charge in [-0.1, -0.05) is 6.92 Å². The molecule has 4 heteroatoms. The second kappa shape index (κ2) is 6.20. The van der Waals surface area contributed by atoms with Crippen LogP contribution in [0.3, 0.4) is 0 Å². The fourth-order valence-electron chi connectivity index (χ4n) is 2.67. The quantitative estimate of drug-likeness (QED) is 0.837. The Morgan fingerprint density at radius 1 is 1.44 bits per heavy atom. The van der Waals surface area contributed by atoms with E-state index in [1.807, 2.05) is 0 Å². The predicted octanol–water partition coefficient (Wildman–Crippen LogP) is 3.29. The van der Waals surface area contributed by atoms with Crippen molar-refractivity contribution in [3.63, 3.8) is 0 Å². The van der Waals surface area contributed by atoms with Crippen molar-refractivity contribution in [3.05, 3.63) is 15.9 Å². The minimum Gasteiger partial charge on any atom is -0.314 e. The van der Waals surface area contributed by atoms with E-state index in [1.54, 1.807) is 0 Å². The first kappa shape index (κ1) is 14.1.